The highest BCUT2D eigenvalue weighted by molar-refractivity contribution is 5.69. The van der Waals surface area contributed by atoms with Gasteiger partial charge >= 0.3 is 5.97 Å². The van der Waals surface area contributed by atoms with Gasteiger partial charge in [0, 0.05) is 45.2 Å². The van der Waals surface area contributed by atoms with Gasteiger partial charge in [0.2, 0.25) is 0 Å². The molecule has 0 aliphatic carbocycles. The molecular weight excluding hydrogens is 246 g/mol. The number of piperidine rings is 1. The molecule has 0 aromatic carbocycles. The first kappa shape index (κ1) is 16.4. The van der Waals surface area contributed by atoms with Crippen LogP contribution in [0.4, 0.5) is 0 Å². The first-order chi connectivity index (χ1) is 9.19. The summed E-state index contributed by atoms with van der Waals surface area (Å²) in [5.74, 6) is 0.339. The lowest BCUT2D eigenvalue weighted by atomic mass is 9.90. The first-order valence-corrected chi connectivity index (χ1v) is 7.03. The standard InChI is InChI=1S/C13H27N3O3/c1-19-13(18)3-2-11-8-12(15-5-7-17)10-16(9-11)6-4-14/h11-12,15,17H,2-10,14H2,1H3. The number of carbonyl (C=O) groups excluding carboxylic acids is 1. The molecule has 1 aliphatic rings. The molecule has 6 heteroatoms. The van der Waals surface area contributed by atoms with Gasteiger partial charge < -0.3 is 25.8 Å². The number of hydrogen-bond donors (Lipinski definition) is 3. The van der Waals surface area contributed by atoms with E-state index in [1.54, 1.807) is 0 Å². The van der Waals surface area contributed by atoms with E-state index in [0.717, 1.165) is 32.5 Å². The van der Waals surface area contributed by atoms with Gasteiger partial charge in [-0.1, -0.05) is 0 Å². The third kappa shape index (κ3) is 6.33. The Bertz CT molecular complexity index is 264. The number of aliphatic hydroxyl groups is 1. The van der Waals surface area contributed by atoms with Crippen LogP contribution in [0.1, 0.15) is 19.3 Å². The minimum atomic E-state index is -0.143. The topological polar surface area (TPSA) is 87.8 Å². The Labute approximate surface area is 115 Å². The molecule has 0 spiro atoms. The van der Waals surface area contributed by atoms with Gasteiger partial charge in [0.1, 0.15) is 0 Å². The Kier molecular flexibility index (Phi) is 7.97. The summed E-state index contributed by atoms with van der Waals surface area (Å²) in [6.45, 7) is 4.25. The molecule has 1 rings (SSSR count). The molecule has 2 atom stereocenters. The fourth-order valence-corrected chi connectivity index (χ4v) is 2.72. The van der Waals surface area contributed by atoms with Crippen LogP contribution in [-0.4, -0.2) is 68.5 Å². The second-order valence-corrected chi connectivity index (χ2v) is 5.14. The first-order valence-electron chi connectivity index (χ1n) is 7.03. The van der Waals surface area contributed by atoms with E-state index in [1.165, 1.54) is 7.11 Å². The summed E-state index contributed by atoms with van der Waals surface area (Å²) in [4.78, 5) is 13.5. The summed E-state index contributed by atoms with van der Waals surface area (Å²) in [5.41, 5.74) is 5.62. The Hall–Kier alpha value is -0.690. The second kappa shape index (κ2) is 9.25. The van der Waals surface area contributed by atoms with Crippen LogP contribution < -0.4 is 11.1 Å². The summed E-state index contributed by atoms with van der Waals surface area (Å²) >= 11 is 0. The van der Waals surface area contributed by atoms with Crippen molar-refractivity contribution in [2.45, 2.75) is 25.3 Å². The Morgan fingerprint density at radius 1 is 1.53 bits per heavy atom. The highest BCUT2D eigenvalue weighted by Crippen LogP contribution is 2.21. The number of aliphatic hydroxyl groups excluding tert-OH is 1. The van der Waals surface area contributed by atoms with Crippen LogP contribution in [0.15, 0.2) is 0 Å². The van der Waals surface area contributed by atoms with Crippen LogP contribution in [0.25, 0.3) is 0 Å². The fraction of sp³-hybridized carbons (Fsp3) is 0.923. The number of nitrogens with two attached hydrogens (primary N) is 1. The Morgan fingerprint density at radius 2 is 2.32 bits per heavy atom. The van der Waals surface area contributed by atoms with Gasteiger partial charge in [-0.2, -0.15) is 0 Å². The van der Waals surface area contributed by atoms with E-state index in [-0.39, 0.29) is 12.6 Å². The van der Waals surface area contributed by atoms with E-state index >= 15 is 0 Å². The van der Waals surface area contributed by atoms with Crippen LogP contribution in [0.3, 0.4) is 0 Å². The van der Waals surface area contributed by atoms with Gasteiger partial charge in [-0.05, 0) is 18.8 Å². The molecule has 19 heavy (non-hydrogen) atoms. The Morgan fingerprint density at radius 3 is 2.95 bits per heavy atom. The molecular formula is C13H27N3O3. The molecule has 0 bridgehead atoms. The van der Waals surface area contributed by atoms with E-state index in [9.17, 15) is 4.79 Å². The maximum atomic E-state index is 11.2. The number of carbonyl (C=O) groups is 1. The lowest BCUT2D eigenvalue weighted by molar-refractivity contribution is -0.141. The van der Waals surface area contributed by atoms with Gasteiger partial charge in [-0.25, -0.2) is 0 Å². The van der Waals surface area contributed by atoms with Crippen molar-refractivity contribution < 1.29 is 14.6 Å². The zero-order valence-corrected chi connectivity index (χ0v) is 11.8. The molecule has 112 valence electrons. The number of hydrogen-bond acceptors (Lipinski definition) is 6. The van der Waals surface area contributed by atoms with Gasteiger partial charge in [0.25, 0.3) is 0 Å². The quantitative estimate of drug-likeness (QED) is 0.500. The number of rotatable bonds is 8. The second-order valence-electron chi connectivity index (χ2n) is 5.14. The maximum absolute atomic E-state index is 11.2. The van der Waals surface area contributed by atoms with Crippen molar-refractivity contribution in [2.75, 3.05) is 46.4 Å². The minimum absolute atomic E-state index is 0.143. The molecule has 1 aliphatic heterocycles. The lowest BCUT2D eigenvalue weighted by Gasteiger charge is -2.38. The molecule has 1 fully saturated rings. The monoisotopic (exact) mass is 273 g/mol. The average molecular weight is 273 g/mol. The number of nitrogens with zero attached hydrogens (tertiary/aromatic N) is 1. The molecule has 2 unspecified atom stereocenters. The van der Waals surface area contributed by atoms with Gasteiger partial charge in [0.15, 0.2) is 0 Å². The smallest absolute Gasteiger partial charge is 0.305 e. The van der Waals surface area contributed by atoms with Crippen LogP contribution in [0.2, 0.25) is 0 Å². The molecule has 0 saturated carbocycles. The summed E-state index contributed by atoms with van der Waals surface area (Å²) in [5, 5.41) is 12.2. The van der Waals surface area contributed by atoms with Crippen molar-refractivity contribution in [2.24, 2.45) is 11.7 Å². The van der Waals surface area contributed by atoms with Crippen LogP contribution >= 0.6 is 0 Å². The predicted octanol–water partition coefficient (Wildman–Crippen LogP) is -0.829. The highest BCUT2D eigenvalue weighted by atomic mass is 16.5. The van der Waals surface area contributed by atoms with Crippen molar-refractivity contribution >= 4 is 5.97 Å². The largest absolute Gasteiger partial charge is 0.469 e. The molecule has 4 N–H and O–H groups in total. The van der Waals surface area contributed by atoms with E-state index in [1.807, 2.05) is 0 Å². The van der Waals surface area contributed by atoms with Crippen LogP contribution in [-0.2, 0) is 9.53 Å². The molecule has 1 saturated heterocycles. The molecule has 0 amide bonds. The van der Waals surface area contributed by atoms with E-state index < -0.39 is 0 Å². The maximum Gasteiger partial charge on any atom is 0.305 e. The number of likely N-dealkylation sites (tertiary alicyclic amines) is 1. The predicted molar refractivity (Wildman–Crippen MR) is 73.7 cm³/mol. The zero-order chi connectivity index (χ0) is 14.1. The van der Waals surface area contributed by atoms with Gasteiger partial charge in [-0.3, -0.25) is 4.79 Å². The summed E-state index contributed by atoms with van der Waals surface area (Å²) < 4.78 is 4.69. The van der Waals surface area contributed by atoms with Crippen LogP contribution in [0.5, 0.6) is 0 Å². The normalized spacial score (nSPS) is 24.4. The summed E-state index contributed by atoms with van der Waals surface area (Å²) in [7, 11) is 1.43. The Balaban J connectivity index is 2.42. The minimum Gasteiger partial charge on any atom is -0.469 e. The lowest BCUT2D eigenvalue weighted by Crippen LogP contribution is -2.51. The number of esters is 1. The zero-order valence-electron chi connectivity index (χ0n) is 11.8. The van der Waals surface area contributed by atoms with Gasteiger partial charge in [-0.15, -0.1) is 0 Å². The van der Waals surface area contributed by atoms with E-state index in [0.29, 0.717) is 31.5 Å². The molecule has 0 aromatic heterocycles. The summed E-state index contributed by atoms with van der Waals surface area (Å²) in [6, 6.07) is 0.370. The summed E-state index contributed by atoms with van der Waals surface area (Å²) in [6.07, 6.45) is 2.37. The molecule has 0 aromatic rings. The van der Waals surface area contributed by atoms with Gasteiger partial charge in [0.05, 0.1) is 13.7 Å². The highest BCUT2D eigenvalue weighted by Gasteiger charge is 2.26. The van der Waals surface area contributed by atoms with Crippen molar-refractivity contribution in [3.63, 3.8) is 0 Å². The van der Waals surface area contributed by atoms with E-state index in [2.05, 4.69) is 15.0 Å². The molecule has 1 heterocycles. The number of methoxy groups -OCH3 is 1. The number of ether oxygens (including phenoxy) is 1. The third-order valence-corrected chi connectivity index (χ3v) is 3.59. The average Bonchev–Trinajstić information content (AvgIpc) is 2.42. The SMILES string of the molecule is COC(=O)CCC1CC(NCCO)CN(CCN)C1. The van der Waals surface area contributed by atoms with Crippen molar-refractivity contribution in [3.8, 4) is 0 Å². The van der Waals surface area contributed by atoms with Crippen LogP contribution in [0, 0.1) is 5.92 Å². The molecule has 6 nitrogen and oxygen atoms in total. The van der Waals surface area contributed by atoms with E-state index in [4.69, 9.17) is 10.8 Å². The molecule has 0 radical (unpaired) electrons. The van der Waals surface area contributed by atoms with Crippen molar-refractivity contribution in [1.29, 1.82) is 0 Å². The third-order valence-electron chi connectivity index (χ3n) is 3.59. The number of nitrogens with one attached hydrogen (secondary N) is 1. The van der Waals surface area contributed by atoms with Crippen molar-refractivity contribution in [1.82, 2.24) is 10.2 Å². The van der Waals surface area contributed by atoms with Crippen molar-refractivity contribution in [3.05, 3.63) is 0 Å². The fourth-order valence-electron chi connectivity index (χ4n) is 2.72.